The quantitative estimate of drug-likeness (QED) is 0.887. The van der Waals surface area contributed by atoms with Gasteiger partial charge < -0.3 is 19.2 Å². The summed E-state index contributed by atoms with van der Waals surface area (Å²) < 4.78 is 18.1. The molecule has 0 fully saturated rings. The fraction of sp³-hybridized carbons (Fsp3) is 0.235. The summed E-state index contributed by atoms with van der Waals surface area (Å²) in [6.45, 7) is 2.30. The van der Waals surface area contributed by atoms with Crippen LogP contribution in [-0.2, 0) is 4.74 Å². The van der Waals surface area contributed by atoms with Gasteiger partial charge in [0.15, 0.2) is 5.60 Å². The predicted molar refractivity (Wildman–Crippen MR) is 90.7 cm³/mol. The number of aromatic amines is 1. The lowest BCUT2D eigenvalue weighted by Gasteiger charge is -2.33. The Kier molecular flexibility index (Phi) is 4.28. The third-order valence-electron chi connectivity index (χ3n) is 3.39. The molecule has 1 atom stereocenters. The molecule has 3 rings (SSSR count). The van der Waals surface area contributed by atoms with Crippen LogP contribution >= 0.6 is 15.9 Å². The van der Waals surface area contributed by atoms with Crippen molar-refractivity contribution in [3.05, 3.63) is 63.0 Å². The van der Waals surface area contributed by atoms with E-state index in [1.165, 1.54) is 6.07 Å². The Labute approximate surface area is 142 Å². The first-order valence-electron chi connectivity index (χ1n) is 7.06. The zero-order valence-corrected chi connectivity index (χ0v) is 14.3. The van der Waals surface area contributed by atoms with Crippen molar-refractivity contribution in [2.24, 2.45) is 0 Å². The molecule has 0 radical (unpaired) electrons. The van der Waals surface area contributed by atoms with Gasteiger partial charge in [0, 0.05) is 29.9 Å². The lowest BCUT2D eigenvalue weighted by atomic mass is 9.99. The van der Waals surface area contributed by atoms with Crippen LogP contribution in [0.15, 0.2) is 51.9 Å². The van der Waals surface area contributed by atoms with Crippen molar-refractivity contribution in [1.82, 2.24) is 4.98 Å². The Morgan fingerprint density at radius 2 is 2.13 bits per heavy atom. The van der Waals surface area contributed by atoms with Crippen LogP contribution in [-0.4, -0.2) is 24.3 Å². The number of fused-ring (bicyclic) bond motifs is 1. The van der Waals surface area contributed by atoms with Crippen molar-refractivity contribution in [3.63, 3.8) is 0 Å². The highest BCUT2D eigenvalue weighted by Crippen LogP contribution is 2.38. The van der Waals surface area contributed by atoms with Crippen LogP contribution in [0.5, 0.6) is 11.5 Å². The number of pyridine rings is 1. The van der Waals surface area contributed by atoms with Crippen LogP contribution in [0.2, 0.25) is 0 Å². The molecule has 0 aliphatic carbocycles. The van der Waals surface area contributed by atoms with Gasteiger partial charge in [-0.3, -0.25) is 4.79 Å². The average molecular weight is 378 g/mol. The van der Waals surface area contributed by atoms with Crippen LogP contribution in [0, 0.1) is 0 Å². The molecule has 2 aromatic rings. The van der Waals surface area contributed by atoms with E-state index >= 15 is 0 Å². The van der Waals surface area contributed by atoms with Crippen LogP contribution in [0.1, 0.15) is 12.5 Å². The highest BCUT2D eigenvalue weighted by atomic mass is 79.9. The van der Waals surface area contributed by atoms with E-state index in [0.717, 1.165) is 10.0 Å². The zero-order valence-electron chi connectivity index (χ0n) is 12.8. The van der Waals surface area contributed by atoms with Crippen molar-refractivity contribution in [2.75, 3.05) is 13.7 Å². The van der Waals surface area contributed by atoms with Gasteiger partial charge in [-0.15, -0.1) is 0 Å². The fourth-order valence-corrected chi connectivity index (χ4v) is 2.84. The lowest BCUT2D eigenvalue weighted by Crippen LogP contribution is -2.38. The van der Waals surface area contributed by atoms with E-state index < -0.39 is 5.60 Å². The summed E-state index contributed by atoms with van der Waals surface area (Å²) >= 11 is 3.46. The number of hydrogen-bond acceptors (Lipinski definition) is 4. The van der Waals surface area contributed by atoms with Crippen molar-refractivity contribution < 1.29 is 14.2 Å². The van der Waals surface area contributed by atoms with Gasteiger partial charge >= 0.3 is 0 Å². The van der Waals surface area contributed by atoms with Crippen molar-refractivity contribution in [2.45, 2.75) is 12.5 Å². The van der Waals surface area contributed by atoms with Gasteiger partial charge in [-0.2, -0.15) is 0 Å². The molecule has 0 spiro atoms. The van der Waals surface area contributed by atoms with Gasteiger partial charge in [0.1, 0.15) is 17.3 Å². The minimum absolute atomic E-state index is 0.218. The van der Waals surface area contributed by atoms with E-state index in [0.29, 0.717) is 23.9 Å². The zero-order chi connectivity index (χ0) is 16.4. The van der Waals surface area contributed by atoms with Gasteiger partial charge in [-0.05, 0) is 31.2 Å². The van der Waals surface area contributed by atoms with Crippen LogP contribution in [0.25, 0.3) is 5.76 Å². The van der Waals surface area contributed by atoms with Crippen LogP contribution < -0.4 is 15.0 Å². The first kappa shape index (κ1) is 15.8. The van der Waals surface area contributed by atoms with Crippen molar-refractivity contribution >= 4 is 21.7 Å². The van der Waals surface area contributed by atoms with E-state index in [2.05, 4.69) is 20.9 Å². The number of nitrogens with one attached hydrogen (secondary N) is 1. The van der Waals surface area contributed by atoms with Crippen molar-refractivity contribution in [1.29, 1.82) is 0 Å². The third kappa shape index (κ3) is 3.48. The van der Waals surface area contributed by atoms with Gasteiger partial charge in [0.05, 0.1) is 12.2 Å². The summed E-state index contributed by atoms with van der Waals surface area (Å²) in [4.78, 5) is 14.0. The minimum atomic E-state index is -0.647. The van der Waals surface area contributed by atoms with Gasteiger partial charge in [0.25, 0.3) is 5.56 Å². The highest BCUT2D eigenvalue weighted by molar-refractivity contribution is 9.10. The van der Waals surface area contributed by atoms with E-state index in [-0.39, 0.29) is 5.56 Å². The van der Waals surface area contributed by atoms with E-state index in [1.807, 2.05) is 31.2 Å². The van der Waals surface area contributed by atoms with Crippen LogP contribution in [0.3, 0.4) is 0 Å². The molecule has 2 heterocycles. The smallest absolute Gasteiger partial charge is 0.251 e. The highest BCUT2D eigenvalue weighted by Gasteiger charge is 2.32. The molecule has 6 heteroatoms. The molecule has 5 nitrogen and oxygen atoms in total. The summed E-state index contributed by atoms with van der Waals surface area (Å²) in [6, 6.07) is 8.80. The second-order valence-corrected chi connectivity index (χ2v) is 6.40. The first-order valence-corrected chi connectivity index (χ1v) is 7.86. The molecule has 1 aliphatic rings. The summed E-state index contributed by atoms with van der Waals surface area (Å²) in [7, 11) is 1.62. The van der Waals surface area contributed by atoms with Crippen molar-refractivity contribution in [3.8, 4) is 11.5 Å². The first-order chi connectivity index (χ1) is 11.0. The Balaban J connectivity index is 2.04. The number of ether oxygens (including phenoxy) is 3. The molecule has 0 bridgehead atoms. The summed E-state index contributed by atoms with van der Waals surface area (Å²) in [5.74, 6) is 1.79. The lowest BCUT2D eigenvalue weighted by molar-refractivity contribution is 0.0359. The molecule has 0 amide bonds. The predicted octanol–water partition coefficient (Wildman–Crippen LogP) is 3.35. The summed E-state index contributed by atoms with van der Waals surface area (Å²) in [5.41, 5.74) is -0.0518. The topological polar surface area (TPSA) is 60.5 Å². The van der Waals surface area contributed by atoms with Crippen LogP contribution in [0.4, 0.5) is 0 Å². The molecule has 1 N–H and O–H groups in total. The Hall–Kier alpha value is -2.05. The van der Waals surface area contributed by atoms with E-state index in [9.17, 15) is 4.79 Å². The van der Waals surface area contributed by atoms with Gasteiger partial charge in [-0.25, -0.2) is 0 Å². The maximum absolute atomic E-state index is 11.5. The molecule has 0 saturated heterocycles. The van der Waals surface area contributed by atoms with Gasteiger partial charge in [0.2, 0.25) is 0 Å². The Morgan fingerprint density at radius 1 is 1.30 bits per heavy atom. The fourth-order valence-electron chi connectivity index (χ4n) is 2.48. The maximum atomic E-state index is 11.5. The Bertz CT molecular complexity index is 814. The van der Waals surface area contributed by atoms with Gasteiger partial charge in [-0.1, -0.05) is 15.9 Å². The average Bonchev–Trinajstić information content (AvgIpc) is 2.48. The van der Waals surface area contributed by atoms with E-state index in [1.54, 1.807) is 19.4 Å². The number of hydrogen-bond donors (Lipinski definition) is 1. The second kappa shape index (κ2) is 6.22. The second-order valence-electron chi connectivity index (χ2n) is 5.49. The number of rotatable bonds is 4. The number of H-pyrrole nitrogens is 1. The SMILES string of the molecule is COCC1(C)C=C(Oc2cc[nH]c(=O)c2)c2cc(Br)ccc2O1. The molecule has 1 aromatic heterocycles. The molecule has 1 aliphatic heterocycles. The largest absolute Gasteiger partial charge is 0.480 e. The summed E-state index contributed by atoms with van der Waals surface area (Å²) in [5, 5.41) is 0. The molecule has 1 aromatic carbocycles. The molecule has 0 saturated carbocycles. The number of halogens is 1. The Morgan fingerprint density at radius 3 is 2.87 bits per heavy atom. The number of benzene rings is 1. The normalized spacial score (nSPS) is 19.5. The third-order valence-corrected chi connectivity index (χ3v) is 3.89. The summed E-state index contributed by atoms with van der Waals surface area (Å²) in [6.07, 6.45) is 3.42. The minimum Gasteiger partial charge on any atom is -0.480 e. The molecule has 1 unspecified atom stereocenters. The molecular formula is C17H16BrNO4. The molecular weight excluding hydrogens is 362 g/mol. The van der Waals surface area contributed by atoms with E-state index in [4.69, 9.17) is 14.2 Å². The standard InChI is InChI=1S/C17H16BrNO4/c1-17(10-21-2)9-15(22-12-5-6-19-16(20)8-12)13-7-11(18)3-4-14(13)23-17/h3-9H,10H2,1-2H3,(H,19,20). The maximum Gasteiger partial charge on any atom is 0.251 e. The number of aromatic nitrogens is 1. The molecule has 23 heavy (non-hydrogen) atoms. The monoisotopic (exact) mass is 377 g/mol. The molecule has 120 valence electrons. The number of methoxy groups -OCH3 is 1.